The molecule has 1 aromatic heterocycles. The van der Waals surface area contributed by atoms with E-state index in [9.17, 15) is 14.7 Å². The van der Waals surface area contributed by atoms with Crippen LogP contribution in [0.2, 0.25) is 0 Å². The van der Waals surface area contributed by atoms with Crippen molar-refractivity contribution < 1.29 is 19.4 Å². The molecule has 0 saturated carbocycles. The van der Waals surface area contributed by atoms with E-state index in [0.29, 0.717) is 24.4 Å². The standard InChI is InChI=1S/C21H30N4O4/c1-14(2)18(25(20(27)28)21(3,4)5)19(26)24-11-7-6-8-17(24)29-16-10-9-15(12-22)13-23-16/h9-10,13-14,17-18H,6-8,11H2,1-5H3,(H,27,28). The summed E-state index contributed by atoms with van der Waals surface area (Å²) in [5, 5.41) is 18.7. The number of amides is 2. The predicted octanol–water partition coefficient (Wildman–Crippen LogP) is 3.47. The largest absolute Gasteiger partial charge is 0.465 e. The number of ether oxygens (including phenoxy) is 1. The number of pyridine rings is 1. The van der Waals surface area contributed by atoms with E-state index in [-0.39, 0.29) is 11.8 Å². The van der Waals surface area contributed by atoms with Crippen LogP contribution < -0.4 is 4.74 Å². The molecule has 2 rings (SSSR count). The van der Waals surface area contributed by atoms with Crippen LogP contribution in [0.4, 0.5) is 4.79 Å². The van der Waals surface area contributed by atoms with Crippen LogP contribution >= 0.6 is 0 Å². The molecule has 8 nitrogen and oxygen atoms in total. The van der Waals surface area contributed by atoms with Crippen LogP contribution in [0.5, 0.6) is 5.88 Å². The maximum Gasteiger partial charge on any atom is 0.408 e. The Hall–Kier alpha value is -2.82. The monoisotopic (exact) mass is 402 g/mol. The van der Waals surface area contributed by atoms with Crippen molar-refractivity contribution in [1.82, 2.24) is 14.8 Å². The average molecular weight is 402 g/mol. The van der Waals surface area contributed by atoms with Crippen molar-refractivity contribution in [2.45, 2.75) is 71.7 Å². The molecule has 29 heavy (non-hydrogen) atoms. The minimum Gasteiger partial charge on any atom is -0.465 e. The zero-order valence-electron chi connectivity index (χ0n) is 17.8. The van der Waals surface area contributed by atoms with E-state index in [4.69, 9.17) is 10.00 Å². The molecule has 1 aliphatic heterocycles. The molecule has 8 heteroatoms. The molecule has 0 radical (unpaired) electrons. The highest BCUT2D eigenvalue weighted by molar-refractivity contribution is 5.86. The summed E-state index contributed by atoms with van der Waals surface area (Å²) in [6.07, 6.45) is 2.16. The predicted molar refractivity (Wildman–Crippen MR) is 107 cm³/mol. The van der Waals surface area contributed by atoms with E-state index in [2.05, 4.69) is 4.98 Å². The lowest BCUT2D eigenvalue weighted by atomic mass is 9.94. The SMILES string of the molecule is CC(C)C(C(=O)N1CCCCC1Oc1ccc(C#N)cn1)N(C(=O)O)C(C)(C)C. The Kier molecular flexibility index (Phi) is 7.07. The molecule has 0 aliphatic carbocycles. The van der Waals surface area contributed by atoms with Crippen molar-refractivity contribution >= 4 is 12.0 Å². The number of aromatic nitrogens is 1. The summed E-state index contributed by atoms with van der Waals surface area (Å²) in [5.41, 5.74) is -0.298. The summed E-state index contributed by atoms with van der Waals surface area (Å²) < 4.78 is 5.96. The smallest absolute Gasteiger partial charge is 0.408 e. The molecule has 1 saturated heterocycles. The second kappa shape index (κ2) is 9.12. The first-order valence-corrected chi connectivity index (χ1v) is 9.91. The first kappa shape index (κ1) is 22.5. The Morgan fingerprint density at radius 3 is 2.52 bits per heavy atom. The van der Waals surface area contributed by atoms with Gasteiger partial charge < -0.3 is 14.7 Å². The molecule has 1 aliphatic rings. The molecule has 1 aromatic rings. The van der Waals surface area contributed by atoms with Gasteiger partial charge in [0.15, 0.2) is 6.23 Å². The van der Waals surface area contributed by atoms with Crippen LogP contribution in [0.15, 0.2) is 18.3 Å². The van der Waals surface area contributed by atoms with Gasteiger partial charge in [-0.2, -0.15) is 5.26 Å². The maximum atomic E-state index is 13.5. The second-order valence-electron chi connectivity index (χ2n) is 8.61. The van der Waals surface area contributed by atoms with Crippen LogP contribution in [-0.2, 0) is 4.79 Å². The molecular formula is C21H30N4O4. The fraction of sp³-hybridized carbons (Fsp3) is 0.619. The topological polar surface area (TPSA) is 107 Å². The maximum absolute atomic E-state index is 13.5. The van der Waals surface area contributed by atoms with Gasteiger partial charge >= 0.3 is 6.09 Å². The van der Waals surface area contributed by atoms with Gasteiger partial charge in [0.05, 0.1) is 5.56 Å². The number of hydrogen-bond donors (Lipinski definition) is 1. The molecule has 2 heterocycles. The van der Waals surface area contributed by atoms with E-state index in [0.717, 1.165) is 12.8 Å². The van der Waals surface area contributed by atoms with Gasteiger partial charge in [0.1, 0.15) is 12.1 Å². The van der Waals surface area contributed by atoms with Crippen LogP contribution in [0.25, 0.3) is 0 Å². The Balaban J connectivity index is 2.29. The van der Waals surface area contributed by atoms with Gasteiger partial charge in [-0.1, -0.05) is 13.8 Å². The summed E-state index contributed by atoms with van der Waals surface area (Å²) >= 11 is 0. The minimum atomic E-state index is -1.12. The minimum absolute atomic E-state index is 0.201. The molecule has 0 bridgehead atoms. The summed E-state index contributed by atoms with van der Waals surface area (Å²) in [5.74, 6) is -0.121. The number of carbonyl (C=O) groups is 2. The summed E-state index contributed by atoms with van der Waals surface area (Å²) in [7, 11) is 0. The fourth-order valence-corrected chi connectivity index (χ4v) is 3.62. The highest BCUT2D eigenvalue weighted by Gasteiger charge is 2.43. The lowest BCUT2D eigenvalue weighted by Crippen LogP contribution is -2.61. The van der Waals surface area contributed by atoms with Gasteiger partial charge in [-0.25, -0.2) is 9.78 Å². The Morgan fingerprint density at radius 2 is 2.03 bits per heavy atom. The number of likely N-dealkylation sites (tertiary alicyclic amines) is 1. The van der Waals surface area contributed by atoms with Gasteiger partial charge in [-0.05, 0) is 45.6 Å². The third-order valence-corrected chi connectivity index (χ3v) is 4.94. The van der Waals surface area contributed by atoms with Crippen molar-refractivity contribution in [3.05, 3.63) is 23.9 Å². The molecule has 0 spiro atoms. The number of hydrogen-bond acceptors (Lipinski definition) is 5. The lowest BCUT2D eigenvalue weighted by molar-refractivity contribution is -0.151. The second-order valence-corrected chi connectivity index (χ2v) is 8.61. The average Bonchev–Trinajstić information content (AvgIpc) is 2.65. The quantitative estimate of drug-likeness (QED) is 0.808. The van der Waals surface area contributed by atoms with E-state index in [1.54, 1.807) is 37.8 Å². The summed E-state index contributed by atoms with van der Waals surface area (Å²) in [6, 6.07) is 4.41. The normalized spacial score (nSPS) is 18.1. The van der Waals surface area contributed by atoms with Gasteiger partial charge in [-0.15, -0.1) is 0 Å². The van der Waals surface area contributed by atoms with Crippen molar-refractivity contribution in [2.24, 2.45) is 5.92 Å². The molecule has 1 fully saturated rings. The number of carbonyl (C=O) groups excluding carboxylic acids is 1. The zero-order chi connectivity index (χ0) is 21.8. The van der Waals surface area contributed by atoms with E-state index in [1.165, 1.54) is 11.1 Å². The third kappa shape index (κ3) is 5.37. The number of carboxylic acid groups (broad SMARTS) is 1. The highest BCUT2D eigenvalue weighted by Crippen LogP contribution is 2.28. The van der Waals surface area contributed by atoms with Crippen molar-refractivity contribution in [3.63, 3.8) is 0 Å². The van der Waals surface area contributed by atoms with Crippen LogP contribution in [0.1, 0.15) is 59.4 Å². The molecule has 158 valence electrons. The fourth-order valence-electron chi connectivity index (χ4n) is 3.62. The van der Waals surface area contributed by atoms with E-state index < -0.39 is 23.9 Å². The molecule has 1 N–H and O–H groups in total. The lowest BCUT2D eigenvalue weighted by Gasteiger charge is -2.44. The Labute approximate surface area is 172 Å². The third-order valence-electron chi connectivity index (χ3n) is 4.94. The van der Waals surface area contributed by atoms with Gasteiger partial charge in [0.25, 0.3) is 0 Å². The molecule has 2 amide bonds. The van der Waals surface area contributed by atoms with Gasteiger partial charge in [0, 0.05) is 30.8 Å². The first-order valence-electron chi connectivity index (χ1n) is 9.91. The Bertz CT molecular complexity index is 764. The van der Waals surface area contributed by atoms with E-state index in [1.807, 2.05) is 19.9 Å². The van der Waals surface area contributed by atoms with Crippen molar-refractivity contribution in [1.29, 1.82) is 5.26 Å². The van der Waals surface area contributed by atoms with Gasteiger partial charge in [0.2, 0.25) is 11.8 Å². The molecule has 2 unspecified atom stereocenters. The molecular weight excluding hydrogens is 372 g/mol. The molecule has 2 atom stereocenters. The zero-order valence-corrected chi connectivity index (χ0v) is 17.8. The van der Waals surface area contributed by atoms with Gasteiger partial charge in [-0.3, -0.25) is 9.69 Å². The number of nitriles is 1. The highest BCUT2D eigenvalue weighted by atomic mass is 16.5. The van der Waals surface area contributed by atoms with Crippen LogP contribution in [0, 0.1) is 17.2 Å². The van der Waals surface area contributed by atoms with E-state index >= 15 is 0 Å². The summed E-state index contributed by atoms with van der Waals surface area (Å²) in [4.78, 5) is 32.5. The number of nitrogens with zero attached hydrogens (tertiary/aromatic N) is 4. The number of piperidine rings is 1. The number of rotatable bonds is 5. The van der Waals surface area contributed by atoms with Crippen LogP contribution in [-0.4, -0.2) is 56.2 Å². The van der Waals surface area contributed by atoms with Crippen molar-refractivity contribution in [2.75, 3.05) is 6.54 Å². The van der Waals surface area contributed by atoms with Crippen LogP contribution in [0.3, 0.4) is 0 Å². The van der Waals surface area contributed by atoms with Crippen molar-refractivity contribution in [3.8, 4) is 11.9 Å². The Morgan fingerprint density at radius 1 is 1.34 bits per heavy atom. The molecule has 0 aromatic carbocycles. The summed E-state index contributed by atoms with van der Waals surface area (Å²) in [6.45, 7) is 9.57. The first-order chi connectivity index (χ1) is 13.6.